The third kappa shape index (κ3) is 3.22. The second kappa shape index (κ2) is 6.67. The van der Waals surface area contributed by atoms with Crippen molar-refractivity contribution in [2.45, 2.75) is 13.8 Å². The highest BCUT2D eigenvalue weighted by atomic mass is 32.1. The number of likely N-dealkylation sites (N-methyl/N-ethyl adjacent to an activating group) is 1. The van der Waals surface area contributed by atoms with Crippen LogP contribution >= 0.6 is 11.3 Å². The maximum atomic E-state index is 4.85. The third-order valence-corrected chi connectivity index (χ3v) is 5.82. The molecular formula is C18H22N6S. The molecule has 1 saturated heterocycles. The number of rotatable bonds is 3. The van der Waals surface area contributed by atoms with Gasteiger partial charge in [-0.3, -0.25) is 4.98 Å². The van der Waals surface area contributed by atoms with Gasteiger partial charge >= 0.3 is 0 Å². The van der Waals surface area contributed by atoms with E-state index < -0.39 is 0 Å². The molecule has 3 aromatic heterocycles. The number of anilines is 1. The Hall–Kier alpha value is -2.09. The highest BCUT2D eigenvalue weighted by Gasteiger charge is 2.19. The van der Waals surface area contributed by atoms with Crippen LogP contribution in [0.1, 0.15) is 10.4 Å². The zero-order valence-corrected chi connectivity index (χ0v) is 15.6. The Kier molecular flexibility index (Phi) is 4.37. The van der Waals surface area contributed by atoms with Crippen LogP contribution in [0.15, 0.2) is 24.5 Å². The molecule has 3 aromatic rings. The van der Waals surface area contributed by atoms with Crippen molar-refractivity contribution in [1.29, 1.82) is 0 Å². The van der Waals surface area contributed by atoms with Gasteiger partial charge in [-0.15, -0.1) is 11.3 Å². The van der Waals surface area contributed by atoms with Gasteiger partial charge in [0.05, 0.1) is 5.39 Å². The molecular weight excluding hydrogens is 332 g/mol. The van der Waals surface area contributed by atoms with E-state index in [4.69, 9.17) is 9.97 Å². The van der Waals surface area contributed by atoms with E-state index >= 15 is 0 Å². The number of hydrazine groups is 1. The van der Waals surface area contributed by atoms with Gasteiger partial charge in [-0.2, -0.15) is 0 Å². The van der Waals surface area contributed by atoms with Gasteiger partial charge in [0, 0.05) is 49.0 Å². The second-order valence-electron chi connectivity index (χ2n) is 6.50. The molecule has 130 valence electrons. The van der Waals surface area contributed by atoms with Gasteiger partial charge in [0.2, 0.25) is 0 Å². The molecule has 1 N–H and O–H groups in total. The zero-order chi connectivity index (χ0) is 17.4. The number of nitrogens with zero attached hydrogens (tertiary/aromatic N) is 5. The molecule has 0 aliphatic carbocycles. The summed E-state index contributed by atoms with van der Waals surface area (Å²) in [5, 5.41) is 3.38. The lowest BCUT2D eigenvalue weighted by atomic mass is 10.2. The van der Waals surface area contributed by atoms with E-state index in [2.05, 4.69) is 41.2 Å². The van der Waals surface area contributed by atoms with Crippen LogP contribution in [-0.2, 0) is 0 Å². The Bertz CT molecular complexity index is 883. The Labute approximate surface area is 151 Å². The number of fused-ring (bicyclic) bond motifs is 1. The molecule has 0 atom stereocenters. The van der Waals surface area contributed by atoms with Crippen molar-refractivity contribution in [2.75, 3.05) is 38.7 Å². The van der Waals surface area contributed by atoms with Crippen LogP contribution in [0.4, 0.5) is 5.82 Å². The van der Waals surface area contributed by atoms with E-state index in [1.165, 1.54) is 10.4 Å². The minimum Gasteiger partial charge on any atom is -0.304 e. The van der Waals surface area contributed by atoms with Gasteiger partial charge in [0.15, 0.2) is 11.6 Å². The molecule has 7 heteroatoms. The molecule has 0 amide bonds. The molecule has 1 aliphatic heterocycles. The summed E-state index contributed by atoms with van der Waals surface area (Å²) in [4.78, 5) is 18.5. The van der Waals surface area contributed by atoms with Crippen LogP contribution in [0.3, 0.4) is 0 Å². The van der Waals surface area contributed by atoms with Crippen molar-refractivity contribution >= 4 is 27.4 Å². The van der Waals surface area contributed by atoms with Crippen LogP contribution in [0.5, 0.6) is 0 Å². The van der Waals surface area contributed by atoms with Crippen molar-refractivity contribution in [3.05, 3.63) is 35.0 Å². The van der Waals surface area contributed by atoms with Crippen molar-refractivity contribution in [2.24, 2.45) is 0 Å². The van der Waals surface area contributed by atoms with Gasteiger partial charge in [-0.25, -0.2) is 15.0 Å². The molecule has 0 aromatic carbocycles. The highest BCUT2D eigenvalue weighted by Crippen LogP contribution is 2.35. The largest absolute Gasteiger partial charge is 0.304 e. The van der Waals surface area contributed by atoms with Crippen LogP contribution < -0.4 is 5.43 Å². The fourth-order valence-electron chi connectivity index (χ4n) is 3.02. The van der Waals surface area contributed by atoms with E-state index in [9.17, 15) is 0 Å². The lowest BCUT2D eigenvalue weighted by molar-refractivity contribution is 0.178. The number of aromatic nitrogens is 3. The Morgan fingerprint density at radius 3 is 2.64 bits per heavy atom. The Morgan fingerprint density at radius 2 is 1.92 bits per heavy atom. The van der Waals surface area contributed by atoms with E-state index in [0.29, 0.717) is 0 Å². The molecule has 0 bridgehead atoms. The maximum Gasteiger partial charge on any atom is 0.164 e. The predicted molar refractivity (Wildman–Crippen MR) is 103 cm³/mol. The fraction of sp³-hybridized carbons (Fsp3) is 0.389. The molecule has 1 fully saturated rings. The van der Waals surface area contributed by atoms with E-state index in [-0.39, 0.29) is 0 Å². The molecule has 6 nitrogen and oxygen atoms in total. The van der Waals surface area contributed by atoms with E-state index in [0.717, 1.165) is 53.6 Å². The predicted octanol–water partition coefficient (Wildman–Crippen LogP) is 2.94. The van der Waals surface area contributed by atoms with Crippen LogP contribution in [-0.4, -0.2) is 58.1 Å². The first-order chi connectivity index (χ1) is 12.1. The van der Waals surface area contributed by atoms with Gasteiger partial charge in [-0.05, 0) is 38.6 Å². The summed E-state index contributed by atoms with van der Waals surface area (Å²) in [6.45, 7) is 8.36. The van der Waals surface area contributed by atoms with Crippen molar-refractivity contribution in [1.82, 2.24) is 24.9 Å². The number of pyridine rings is 1. The second-order valence-corrected chi connectivity index (χ2v) is 7.71. The number of hydrogen-bond acceptors (Lipinski definition) is 7. The number of thiophene rings is 1. The maximum absolute atomic E-state index is 4.85. The summed E-state index contributed by atoms with van der Waals surface area (Å²) in [6.07, 6.45) is 3.58. The summed E-state index contributed by atoms with van der Waals surface area (Å²) in [5.74, 6) is 1.62. The third-order valence-electron chi connectivity index (χ3n) is 4.72. The van der Waals surface area contributed by atoms with Crippen molar-refractivity contribution < 1.29 is 0 Å². The smallest absolute Gasteiger partial charge is 0.164 e. The Balaban J connectivity index is 1.77. The normalized spacial score (nSPS) is 16.4. The minimum atomic E-state index is 0.721. The Morgan fingerprint density at radius 1 is 1.12 bits per heavy atom. The van der Waals surface area contributed by atoms with Gasteiger partial charge < -0.3 is 10.3 Å². The molecule has 4 heterocycles. The zero-order valence-electron chi connectivity index (χ0n) is 14.8. The number of nitrogens with one attached hydrogen (secondary N) is 1. The summed E-state index contributed by atoms with van der Waals surface area (Å²) in [7, 11) is 2.16. The highest BCUT2D eigenvalue weighted by molar-refractivity contribution is 7.18. The van der Waals surface area contributed by atoms with E-state index in [1.54, 1.807) is 17.5 Å². The summed E-state index contributed by atoms with van der Waals surface area (Å²) in [6, 6.07) is 3.92. The minimum absolute atomic E-state index is 0.721. The topological polar surface area (TPSA) is 57.2 Å². The fourth-order valence-corrected chi connectivity index (χ4v) is 4.05. The average molecular weight is 354 g/mol. The van der Waals surface area contributed by atoms with Crippen LogP contribution in [0.25, 0.3) is 21.6 Å². The standard InChI is InChI=1S/C18H22N6S/c1-12-13(2)25-18-15(12)17(22-24-9-7-23(3)8-10-24)20-16(21-18)14-5-4-6-19-11-14/h4-6,11H,7-10H2,1-3H3,(H,20,21,22). The molecule has 25 heavy (non-hydrogen) atoms. The SMILES string of the molecule is Cc1sc2nc(-c3cccnc3)nc(NN3CCN(C)CC3)c2c1C. The molecule has 0 saturated carbocycles. The van der Waals surface area contributed by atoms with Crippen molar-refractivity contribution in [3.63, 3.8) is 0 Å². The van der Waals surface area contributed by atoms with Gasteiger partial charge in [0.1, 0.15) is 4.83 Å². The van der Waals surface area contributed by atoms with Crippen LogP contribution in [0.2, 0.25) is 0 Å². The van der Waals surface area contributed by atoms with Gasteiger partial charge in [0.25, 0.3) is 0 Å². The first kappa shape index (κ1) is 16.4. The average Bonchev–Trinajstić information content (AvgIpc) is 2.92. The summed E-state index contributed by atoms with van der Waals surface area (Å²) >= 11 is 1.73. The summed E-state index contributed by atoms with van der Waals surface area (Å²) < 4.78 is 0. The quantitative estimate of drug-likeness (QED) is 0.780. The molecule has 0 unspecified atom stereocenters. The van der Waals surface area contributed by atoms with Gasteiger partial charge in [-0.1, -0.05) is 0 Å². The lowest BCUT2D eigenvalue weighted by Crippen LogP contribution is -2.47. The summed E-state index contributed by atoms with van der Waals surface area (Å²) in [5.41, 5.74) is 5.75. The van der Waals surface area contributed by atoms with Crippen molar-refractivity contribution in [3.8, 4) is 11.4 Å². The first-order valence-electron chi connectivity index (χ1n) is 8.50. The lowest BCUT2D eigenvalue weighted by Gasteiger charge is -2.32. The number of aryl methyl sites for hydroxylation is 2. The first-order valence-corrected chi connectivity index (χ1v) is 9.32. The van der Waals surface area contributed by atoms with Crippen LogP contribution in [0, 0.1) is 13.8 Å². The molecule has 0 radical (unpaired) electrons. The number of piperazine rings is 1. The number of hydrogen-bond donors (Lipinski definition) is 1. The van der Waals surface area contributed by atoms with E-state index in [1.807, 2.05) is 18.3 Å². The molecule has 0 spiro atoms. The monoisotopic (exact) mass is 354 g/mol. The molecule has 4 rings (SSSR count). The molecule has 1 aliphatic rings.